The number of hydrogen-bond acceptors (Lipinski definition) is 4. The molecule has 3 aromatic rings. The maximum absolute atomic E-state index is 13.8. The van der Waals surface area contributed by atoms with E-state index >= 15 is 0 Å². The molecule has 1 saturated carbocycles. The van der Waals surface area contributed by atoms with Gasteiger partial charge in [0.05, 0.1) is 16.8 Å². The van der Waals surface area contributed by atoms with Gasteiger partial charge in [0.15, 0.2) is 0 Å². The maximum Gasteiger partial charge on any atom is 0.252 e. The van der Waals surface area contributed by atoms with E-state index in [9.17, 15) is 4.79 Å². The van der Waals surface area contributed by atoms with Gasteiger partial charge in [-0.3, -0.25) is 9.69 Å². The smallest absolute Gasteiger partial charge is 0.252 e. The van der Waals surface area contributed by atoms with Gasteiger partial charge in [0.1, 0.15) is 0 Å². The van der Waals surface area contributed by atoms with E-state index in [0.717, 1.165) is 84.9 Å². The molecule has 5 rings (SSSR count). The van der Waals surface area contributed by atoms with Crippen LogP contribution >= 0.6 is 0 Å². The van der Waals surface area contributed by atoms with E-state index in [-0.39, 0.29) is 5.91 Å². The molecule has 0 atom stereocenters. The number of nitrogens with zero attached hydrogens (tertiary/aromatic N) is 2. The van der Waals surface area contributed by atoms with Gasteiger partial charge in [-0.1, -0.05) is 80.6 Å². The van der Waals surface area contributed by atoms with Gasteiger partial charge in [-0.15, -0.1) is 0 Å². The molecule has 0 spiro atoms. The van der Waals surface area contributed by atoms with E-state index in [2.05, 4.69) is 33.7 Å². The van der Waals surface area contributed by atoms with Gasteiger partial charge >= 0.3 is 0 Å². The lowest BCUT2D eigenvalue weighted by Gasteiger charge is -2.29. The van der Waals surface area contributed by atoms with Crippen LogP contribution in [0.2, 0.25) is 0 Å². The SMILES string of the molecule is O=C(NCCC1CCCCC1)c1c(CN2CCNCC2)c(-c2ccccc2)nc2ccccc12. The van der Waals surface area contributed by atoms with Crippen LogP contribution in [0.1, 0.15) is 54.4 Å². The third-order valence-electron chi connectivity index (χ3n) is 7.42. The highest BCUT2D eigenvalue weighted by Crippen LogP contribution is 2.32. The molecule has 1 saturated heterocycles. The van der Waals surface area contributed by atoms with Crippen molar-refractivity contribution in [2.75, 3.05) is 32.7 Å². The predicted molar refractivity (Wildman–Crippen MR) is 139 cm³/mol. The van der Waals surface area contributed by atoms with Crippen LogP contribution in [0.15, 0.2) is 54.6 Å². The summed E-state index contributed by atoms with van der Waals surface area (Å²) < 4.78 is 0. The van der Waals surface area contributed by atoms with Crippen LogP contribution in [0.3, 0.4) is 0 Å². The first-order chi connectivity index (χ1) is 16.8. The van der Waals surface area contributed by atoms with E-state index in [1.54, 1.807) is 0 Å². The molecule has 178 valence electrons. The number of pyridine rings is 1. The molecule has 5 heteroatoms. The summed E-state index contributed by atoms with van der Waals surface area (Å²) in [4.78, 5) is 21.3. The fraction of sp³-hybridized carbons (Fsp3) is 0.448. The van der Waals surface area contributed by atoms with E-state index in [4.69, 9.17) is 4.98 Å². The molecule has 1 amide bonds. The van der Waals surface area contributed by atoms with Crippen molar-refractivity contribution in [1.82, 2.24) is 20.5 Å². The lowest BCUT2D eigenvalue weighted by atomic mass is 9.87. The van der Waals surface area contributed by atoms with Crippen molar-refractivity contribution >= 4 is 16.8 Å². The third kappa shape index (κ3) is 5.31. The Balaban J connectivity index is 1.51. The first kappa shape index (κ1) is 23.0. The number of fused-ring (bicyclic) bond motifs is 1. The minimum Gasteiger partial charge on any atom is -0.352 e. The van der Waals surface area contributed by atoms with Crippen molar-refractivity contribution in [2.45, 2.75) is 45.1 Å². The largest absolute Gasteiger partial charge is 0.352 e. The average molecular weight is 457 g/mol. The van der Waals surface area contributed by atoms with Crippen LogP contribution in [-0.2, 0) is 6.54 Å². The second-order valence-corrected chi connectivity index (χ2v) is 9.77. The Labute approximate surface area is 203 Å². The average Bonchev–Trinajstić information content (AvgIpc) is 2.90. The van der Waals surface area contributed by atoms with Crippen LogP contribution in [0.5, 0.6) is 0 Å². The minimum atomic E-state index is 0.0386. The molecule has 2 N–H and O–H groups in total. The number of piperazine rings is 1. The molecule has 1 aromatic heterocycles. The zero-order valence-electron chi connectivity index (χ0n) is 20.1. The molecule has 2 fully saturated rings. The summed E-state index contributed by atoms with van der Waals surface area (Å²) in [5.74, 6) is 0.792. The zero-order valence-corrected chi connectivity index (χ0v) is 20.1. The van der Waals surface area contributed by atoms with Crippen LogP contribution in [0.25, 0.3) is 22.2 Å². The second-order valence-electron chi connectivity index (χ2n) is 9.77. The van der Waals surface area contributed by atoms with Crippen molar-refractivity contribution < 1.29 is 4.79 Å². The van der Waals surface area contributed by atoms with Crippen molar-refractivity contribution in [3.63, 3.8) is 0 Å². The summed E-state index contributed by atoms with van der Waals surface area (Å²) >= 11 is 0. The number of aromatic nitrogens is 1. The molecular formula is C29H36N4O. The molecule has 5 nitrogen and oxygen atoms in total. The predicted octanol–water partition coefficient (Wildman–Crippen LogP) is 5.01. The zero-order chi connectivity index (χ0) is 23.2. The van der Waals surface area contributed by atoms with Gasteiger partial charge in [-0.2, -0.15) is 0 Å². The lowest BCUT2D eigenvalue weighted by Crippen LogP contribution is -2.43. The quantitative estimate of drug-likeness (QED) is 0.525. The van der Waals surface area contributed by atoms with Crippen LogP contribution in [0, 0.1) is 5.92 Å². The third-order valence-corrected chi connectivity index (χ3v) is 7.42. The molecule has 0 unspecified atom stereocenters. The van der Waals surface area contributed by atoms with Gasteiger partial charge < -0.3 is 10.6 Å². The molecule has 0 radical (unpaired) electrons. The molecule has 1 aliphatic heterocycles. The molecule has 0 bridgehead atoms. The number of amides is 1. The van der Waals surface area contributed by atoms with Gasteiger partial charge in [0.2, 0.25) is 0 Å². The summed E-state index contributed by atoms with van der Waals surface area (Å²) in [5, 5.41) is 7.68. The first-order valence-electron chi connectivity index (χ1n) is 13.0. The lowest BCUT2D eigenvalue weighted by molar-refractivity contribution is 0.0949. The first-order valence-corrected chi connectivity index (χ1v) is 13.0. The summed E-state index contributed by atoms with van der Waals surface area (Å²) in [6, 6.07) is 18.4. The van der Waals surface area contributed by atoms with E-state index in [1.807, 2.05) is 36.4 Å². The topological polar surface area (TPSA) is 57.3 Å². The number of nitrogens with one attached hydrogen (secondary N) is 2. The Morgan fingerprint density at radius 2 is 1.71 bits per heavy atom. The molecule has 34 heavy (non-hydrogen) atoms. The van der Waals surface area contributed by atoms with E-state index < -0.39 is 0 Å². The highest BCUT2D eigenvalue weighted by atomic mass is 16.1. The minimum absolute atomic E-state index is 0.0386. The van der Waals surface area contributed by atoms with Gasteiger partial charge in [0, 0.05) is 55.8 Å². The Morgan fingerprint density at radius 1 is 0.971 bits per heavy atom. The van der Waals surface area contributed by atoms with E-state index in [0.29, 0.717) is 0 Å². The van der Waals surface area contributed by atoms with Gasteiger partial charge in [-0.05, 0) is 18.4 Å². The number of carbonyl (C=O) groups is 1. The van der Waals surface area contributed by atoms with Gasteiger partial charge in [0.25, 0.3) is 5.91 Å². The standard InChI is InChI=1S/C29H36N4O/c34-29(31-16-15-22-9-3-1-4-10-22)27-24-13-7-8-14-26(24)32-28(23-11-5-2-6-12-23)25(27)21-33-19-17-30-18-20-33/h2,5-8,11-14,22,30H,1,3-4,9-10,15-21H2,(H,31,34). The highest BCUT2D eigenvalue weighted by molar-refractivity contribution is 6.09. The molecular weight excluding hydrogens is 420 g/mol. The Bertz CT molecular complexity index is 1100. The van der Waals surface area contributed by atoms with Gasteiger partial charge in [-0.25, -0.2) is 4.98 Å². The van der Waals surface area contributed by atoms with Crippen LogP contribution in [-0.4, -0.2) is 48.5 Å². The fourth-order valence-electron chi connectivity index (χ4n) is 5.55. The molecule has 2 aromatic carbocycles. The van der Waals surface area contributed by atoms with Crippen molar-refractivity contribution in [3.05, 3.63) is 65.7 Å². The molecule has 1 aliphatic carbocycles. The monoisotopic (exact) mass is 456 g/mol. The Kier molecular flexibility index (Phi) is 7.52. The summed E-state index contributed by atoms with van der Waals surface area (Å²) in [5.41, 5.74) is 4.71. The maximum atomic E-state index is 13.8. The summed E-state index contributed by atoms with van der Waals surface area (Å²) in [6.45, 7) is 5.38. The normalized spacial score (nSPS) is 17.6. The van der Waals surface area contributed by atoms with Crippen LogP contribution < -0.4 is 10.6 Å². The number of rotatable bonds is 7. The summed E-state index contributed by atoms with van der Waals surface area (Å²) in [6.07, 6.45) is 7.73. The second kappa shape index (κ2) is 11.1. The molecule has 2 heterocycles. The number of para-hydroxylation sites is 1. The Morgan fingerprint density at radius 3 is 2.50 bits per heavy atom. The van der Waals surface area contributed by atoms with Crippen molar-refractivity contribution in [3.8, 4) is 11.3 Å². The van der Waals surface area contributed by atoms with Crippen LogP contribution in [0.4, 0.5) is 0 Å². The van der Waals surface area contributed by atoms with Crippen molar-refractivity contribution in [2.24, 2.45) is 5.92 Å². The number of benzene rings is 2. The summed E-state index contributed by atoms with van der Waals surface area (Å²) in [7, 11) is 0. The number of carbonyl (C=O) groups excluding carboxylic acids is 1. The Hall–Kier alpha value is -2.76. The fourth-order valence-corrected chi connectivity index (χ4v) is 5.55. The highest BCUT2D eigenvalue weighted by Gasteiger charge is 2.24. The van der Waals surface area contributed by atoms with E-state index in [1.165, 1.54) is 32.1 Å². The van der Waals surface area contributed by atoms with Crippen molar-refractivity contribution in [1.29, 1.82) is 0 Å². The number of hydrogen-bond donors (Lipinski definition) is 2. The molecule has 2 aliphatic rings.